The minimum Gasteiger partial charge on any atom is -0.373 e. The van der Waals surface area contributed by atoms with E-state index < -0.39 is 41.9 Å². The Hall–Kier alpha value is -3.12. The van der Waals surface area contributed by atoms with E-state index in [0.29, 0.717) is 44.0 Å². The molecule has 0 amide bonds. The number of nitrogens with zero attached hydrogens (tertiary/aromatic N) is 2. The minimum absolute atomic E-state index is 0.105. The van der Waals surface area contributed by atoms with Gasteiger partial charge in [-0.3, -0.25) is 9.88 Å². The second kappa shape index (κ2) is 9.86. The number of rotatable bonds is 6. The average molecular weight is 500 g/mol. The van der Waals surface area contributed by atoms with Gasteiger partial charge in [-0.2, -0.15) is 31.4 Å². The molecule has 0 saturated carbocycles. The van der Waals surface area contributed by atoms with Crippen LogP contribution >= 0.6 is 0 Å². The number of nitrogens with one attached hydrogen (secondary N) is 2. The van der Waals surface area contributed by atoms with Crippen molar-refractivity contribution in [2.24, 2.45) is 0 Å². The highest BCUT2D eigenvalue weighted by molar-refractivity contribution is 5.33. The molecule has 3 aromatic rings. The largest absolute Gasteiger partial charge is 0.416 e. The van der Waals surface area contributed by atoms with Crippen LogP contribution in [0.15, 0.2) is 53.3 Å². The van der Waals surface area contributed by atoms with Gasteiger partial charge in [-0.05, 0) is 35.7 Å². The third-order valence-corrected chi connectivity index (χ3v) is 5.90. The Morgan fingerprint density at radius 2 is 1.66 bits per heavy atom. The van der Waals surface area contributed by atoms with Crippen molar-refractivity contribution >= 4 is 0 Å². The van der Waals surface area contributed by atoms with Crippen molar-refractivity contribution in [3.8, 4) is 0 Å². The molecule has 1 aliphatic heterocycles. The maximum Gasteiger partial charge on any atom is 0.416 e. The predicted octanol–water partition coefficient (Wildman–Crippen LogP) is 4.71. The molecule has 2 N–H and O–H groups in total. The first kappa shape index (κ1) is 25.0. The van der Waals surface area contributed by atoms with E-state index in [1.54, 1.807) is 0 Å². The van der Waals surface area contributed by atoms with Gasteiger partial charge in [-0.1, -0.05) is 30.3 Å². The summed E-state index contributed by atoms with van der Waals surface area (Å²) in [7, 11) is 0. The molecular weight excluding hydrogens is 478 g/mol. The summed E-state index contributed by atoms with van der Waals surface area (Å²) in [5.41, 5.74) is -2.42. The molecule has 1 aromatic heterocycles. The van der Waals surface area contributed by atoms with Crippen molar-refractivity contribution in [1.29, 1.82) is 0 Å². The Labute approximate surface area is 195 Å². The second-order valence-corrected chi connectivity index (χ2v) is 8.43. The van der Waals surface area contributed by atoms with Crippen molar-refractivity contribution in [1.82, 2.24) is 20.1 Å². The number of likely N-dealkylation sites (tertiary alicyclic amines) is 1. The van der Waals surface area contributed by atoms with Crippen molar-refractivity contribution < 1.29 is 31.1 Å². The highest BCUT2D eigenvalue weighted by atomic mass is 19.4. The summed E-state index contributed by atoms with van der Waals surface area (Å²) in [6.07, 6.45) is -9.78. The van der Waals surface area contributed by atoms with Gasteiger partial charge >= 0.3 is 18.0 Å². The van der Waals surface area contributed by atoms with E-state index in [0.717, 1.165) is 5.56 Å². The van der Waals surface area contributed by atoms with Gasteiger partial charge in [0.05, 0.1) is 30.4 Å². The van der Waals surface area contributed by atoms with Crippen molar-refractivity contribution in [2.75, 3.05) is 13.1 Å². The van der Waals surface area contributed by atoms with Crippen molar-refractivity contribution in [3.63, 3.8) is 0 Å². The van der Waals surface area contributed by atoms with E-state index >= 15 is 0 Å². The summed E-state index contributed by atoms with van der Waals surface area (Å²) in [5, 5.41) is 6.21. The zero-order valence-corrected chi connectivity index (χ0v) is 18.3. The number of hydrogen-bond donors (Lipinski definition) is 2. The van der Waals surface area contributed by atoms with E-state index in [-0.39, 0.29) is 17.5 Å². The van der Waals surface area contributed by atoms with Crippen LogP contribution in [-0.4, -0.2) is 39.3 Å². The monoisotopic (exact) mass is 500 g/mol. The Bertz CT molecular complexity index is 1160. The van der Waals surface area contributed by atoms with Crippen LogP contribution in [0.4, 0.5) is 26.3 Å². The molecule has 1 fully saturated rings. The lowest BCUT2D eigenvalue weighted by Crippen LogP contribution is -2.42. The molecule has 2 aromatic carbocycles. The summed E-state index contributed by atoms with van der Waals surface area (Å²) in [4.78, 5) is 16.0. The molecule has 0 bridgehead atoms. The number of H-pyrrole nitrogens is 2. The molecule has 2 heterocycles. The molecule has 1 saturated heterocycles. The Kier molecular flexibility index (Phi) is 7.04. The summed E-state index contributed by atoms with van der Waals surface area (Å²) in [5.74, 6) is 0.272. The van der Waals surface area contributed by atoms with Gasteiger partial charge in [0.2, 0.25) is 0 Å². The quantitative estimate of drug-likeness (QED) is 0.481. The molecule has 1 aliphatic rings. The predicted molar refractivity (Wildman–Crippen MR) is 113 cm³/mol. The first-order valence-corrected chi connectivity index (χ1v) is 10.8. The maximum absolute atomic E-state index is 13.2. The molecule has 2 unspecified atom stereocenters. The lowest BCUT2D eigenvalue weighted by molar-refractivity contribution is -0.143. The Balaban J connectivity index is 1.53. The molecule has 35 heavy (non-hydrogen) atoms. The van der Waals surface area contributed by atoms with E-state index in [4.69, 9.17) is 4.74 Å². The van der Waals surface area contributed by atoms with Gasteiger partial charge in [0.15, 0.2) is 0 Å². The van der Waals surface area contributed by atoms with Crippen LogP contribution in [0.5, 0.6) is 0 Å². The van der Waals surface area contributed by atoms with Crippen LogP contribution in [0.25, 0.3) is 0 Å². The Morgan fingerprint density at radius 1 is 1.00 bits per heavy atom. The number of aromatic amines is 2. The Morgan fingerprint density at radius 3 is 2.23 bits per heavy atom. The molecule has 4 rings (SSSR count). The maximum atomic E-state index is 13.2. The minimum atomic E-state index is -4.92. The molecule has 0 spiro atoms. The number of aromatic nitrogens is 3. The van der Waals surface area contributed by atoms with Crippen LogP contribution in [0.2, 0.25) is 0 Å². The third-order valence-electron chi connectivity index (χ3n) is 5.90. The van der Waals surface area contributed by atoms with Crippen LogP contribution in [0.1, 0.15) is 40.4 Å². The van der Waals surface area contributed by atoms with Gasteiger partial charge in [-0.15, -0.1) is 0 Å². The van der Waals surface area contributed by atoms with Crippen molar-refractivity contribution in [3.05, 3.63) is 87.1 Å². The molecule has 188 valence electrons. The molecule has 6 nitrogen and oxygen atoms in total. The summed E-state index contributed by atoms with van der Waals surface area (Å²) in [6, 6.07) is 10.8. The smallest absolute Gasteiger partial charge is 0.373 e. The standard InChI is InChI=1S/C23H22F6N4O2/c24-22(25,26)16-8-14(9-17(10-16)23(27,28)29)13-35-19-6-7-33(12-20-30-21(34)32-31-20)11-18(19)15-4-2-1-3-5-15/h1-5,8-10,18-19H,6-7,11-13H2,(H2,30,31,32,34). The number of alkyl halides is 6. The fraction of sp³-hybridized carbons (Fsp3) is 0.391. The average Bonchev–Trinajstić information content (AvgIpc) is 3.21. The van der Waals surface area contributed by atoms with Gasteiger partial charge in [0.25, 0.3) is 0 Å². The van der Waals surface area contributed by atoms with Gasteiger partial charge in [0.1, 0.15) is 5.82 Å². The van der Waals surface area contributed by atoms with Crippen LogP contribution in [0, 0.1) is 0 Å². The summed E-state index contributed by atoms with van der Waals surface area (Å²) in [6.45, 7) is 1.02. The number of halogens is 6. The second-order valence-electron chi connectivity index (χ2n) is 8.43. The van der Waals surface area contributed by atoms with Gasteiger partial charge in [-0.25, -0.2) is 9.89 Å². The van der Waals surface area contributed by atoms with E-state index in [2.05, 4.69) is 20.1 Å². The molecule has 2 atom stereocenters. The zero-order chi connectivity index (χ0) is 25.2. The first-order valence-electron chi connectivity index (χ1n) is 10.8. The van der Waals surface area contributed by atoms with Gasteiger partial charge in [0, 0.05) is 19.0 Å². The molecule has 12 heteroatoms. The van der Waals surface area contributed by atoms with E-state index in [9.17, 15) is 31.1 Å². The fourth-order valence-corrected chi connectivity index (χ4v) is 4.26. The highest BCUT2D eigenvalue weighted by Crippen LogP contribution is 2.37. The lowest BCUT2D eigenvalue weighted by atomic mass is 9.87. The van der Waals surface area contributed by atoms with E-state index in [1.165, 1.54) is 0 Å². The molecule has 0 radical (unpaired) electrons. The van der Waals surface area contributed by atoms with Crippen molar-refractivity contribution in [2.45, 2.75) is 43.9 Å². The van der Waals surface area contributed by atoms with Crippen LogP contribution in [0.3, 0.4) is 0 Å². The highest BCUT2D eigenvalue weighted by Gasteiger charge is 2.37. The normalized spacial score (nSPS) is 19.7. The number of ether oxygens (including phenoxy) is 1. The first-order chi connectivity index (χ1) is 16.5. The van der Waals surface area contributed by atoms with Crippen LogP contribution < -0.4 is 5.69 Å². The molecular formula is C23H22F6N4O2. The SMILES string of the molecule is O=c1[nH]nc(CN2CCC(OCc3cc(C(F)(F)F)cc(C(F)(F)F)c3)C(c3ccccc3)C2)[nH]1. The molecule has 0 aliphatic carbocycles. The summed E-state index contributed by atoms with van der Waals surface area (Å²) >= 11 is 0. The zero-order valence-electron chi connectivity index (χ0n) is 18.3. The van der Waals surface area contributed by atoms with Gasteiger partial charge < -0.3 is 4.74 Å². The van der Waals surface area contributed by atoms with Crippen LogP contribution in [-0.2, 0) is 30.2 Å². The fourth-order valence-electron chi connectivity index (χ4n) is 4.26. The number of benzene rings is 2. The summed E-state index contributed by atoms with van der Waals surface area (Å²) < 4.78 is 85.1. The number of hydrogen-bond acceptors (Lipinski definition) is 4. The third kappa shape index (κ3) is 6.31. The lowest BCUT2D eigenvalue weighted by Gasteiger charge is -2.38. The van der Waals surface area contributed by atoms with E-state index in [1.807, 2.05) is 30.3 Å². The topological polar surface area (TPSA) is 74.0 Å². The number of piperidine rings is 1.